The van der Waals surface area contributed by atoms with E-state index in [9.17, 15) is 0 Å². The molecular formula is C61H36N4OS. The number of nitrogens with zero attached hydrogens (tertiary/aromatic N) is 4. The molecule has 0 bridgehead atoms. The first-order valence-electron chi connectivity index (χ1n) is 22.5. The van der Waals surface area contributed by atoms with Crippen LogP contribution in [0.1, 0.15) is 0 Å². The number of furan rings is 1. The van der Waals surface area contributed by atoms with Crippen LogP contribution in [0.2, 0.25) is 0 Å². The van der Waals surface area contributed by atoms with Gasteiger partial charge in [0.25, 0.3) is 0 Å². The van der Waals surface area contributed by atoms with Crippen molar-refractivity contribution in [3.8, 4) is 62.1 Å². The Morgan fingerprint density at radius 3 is 1.79 bits per heavy atom. The molecule has 6 heteroatoms. The zero-order valence-corrected chi connectivity index (χ0v) is 36.7. The topological polar surface area (TPSA) is 56.7 Å². The van der Waals surface area contributed by atoms with Gasteiger partial charge in [0.2, 0.25) is 0 Å². The van der Waals surface area contributed by atoms with E-state index in [1.54, 1.807) is 11.3 Å². The lowest BCUT2D eigenvalue weighted by Gasteiger charge is -2.15. The van der Waals surface area contributed by atoms with Gasteiger partial charge in [0.15, 0.2) is 17.5 Å². The van der Waals surface area contributed by atoms with Gasteiger partial charge in [-0.05, 0) is 69.9 Å². The van der Waals surface area contributed by atoms with Crippen LogP contribution >= 0.6 is 11.3 Å². The van der Waals surface area contributed by atoms with E-state index < -0.39 is 0 Å². The Labute approximate surface area is 388 Å². The number of rotatable bonds is 6. The summed E-state index contributed by atoms with van der Waals surface area (Å²) in [6, 6.07) is 77.5. The lowest BCUT2D eigenvalue weighted by atomic mass is 9.98. The zero-order valence-electron chi connectivity index (χ0n) is 35.9. The number of hydrogen-bond donors (Lipinski definition) is 0. The fraction of sp³-hybridized carbons (Fsp3) is 0. The Bertz CT molecular complexity index is 4260. The van der Waals surface area contributed by atoms with Gasteiger partial charge in [0.05, 0.1) is 16.7 Å². The molecule has 67 heavy (non-hydrogen) atoms. The molecule has 0 fully saturated rings. The van der Waals surface area contributed by atoms with E-state index >= 15 is 0 Å². The highest BCUT2D eigenvalue weighted by molar-refractivity contribution is 7.25. The minimum absolute atomic E-state index is 0.580. The van der Waals surface area contributed by atoms with Crippen LogP contribution in [0, 0.1) is 0 Å². The second-order valence-electron chi connectivity index (χ2n) is 17.1. The summed E-state index contributed by atoms with van der Waals surface area (Å²) >= 11 is 1.79. The maximum atomic E-state index is 6.92. The minimum atomic E-state index is 0.580. The fourth-order valence-electron chi connectivity index (χ4n) is 10.1. The van der Waals surface area contributed by atoms with Crippen LogP contribution in [0.5, 0.6) is 0 Å². The van der Waals surface area contributed by atoms with Crippen LogP contribution in [0.25, 0.3) is 137 Å². The van der Waals surface area contributed by atoms with E-state index in [0.717, 1.165) is 77.6 Å². The first-order chi connectivity index (χ1) is 33.2. The molecule has 4 heterocycles. The molecule has 0 saturated heterocycles. The highest BCUT2D eigenvalue weighted by atomic mass is 32.1. The van der Waals surface area contributed by atoms with Crippen molar-refractivity contribution >= 4 is 86.0 Å². The normalized spacial score (nSPS) is 11.9. The fourth-order valence-corrected chi connectivity index (χ4v) is 11.2. The van der Waals surface area contributed by atoms with Gasteiger partial charge in [-0.15, -0.1) is 11.3 Å². The van der Waals surface area contributed by atoms with Crippen LogP contribution in [0.15, 0.2) is 223 Å². The van der Waals surface area contributed by atoms with Crippen molar-refractivity contribution in [2.24, 2.45) is 0 Å². The summed E-state index contributed by atoms with van der Waals surface area (Å²) in [7, 11) is 0. The average Bonchev–Trinajstić information content (AvgIpc) is 4.06. The zero-order chi connectivity index (χ0) is 44.0. The van der Waals surface area contributed by atoms with Gasteiger partial charge in [-0.25, -0.2) is 15.0 Å². The molecule has 0 saturated carbocycles. The standard InChI is InChI=1S/C61H36N4OS/c1-3-14-37(15-4-1)38-26-28-40(29-27-38)59-62-60(43-30-31-46-45-21-10-12-25-56(45)67-57(46)34-43)64-61(63-59)47-22-13-24-54-58(47)50-35-48(39-16-5-2-6-17-39)53(36-55(50)66-54)65-51-23-11-9-20-44(51)49-32-41-18-7-8-19-42(41)33-52(49)65/h1-36H. The van der Waals surface area contributed by atoms with E-state index in [4.69, 9.17) is 19.4 Å². The minimum Gasteiger partial charge on any atom is -0.456 e. The van der Waals surface area contributed by atoms with Gasteiger partial charge in [-0.3, -0.25) is 0 Å². The SMILES string of the molecule is c1ccc(-c2ccc(-c3nc(-c4ccc5c(c4)sc4ccccc45)nc(-c4cccc5oc6cc(-n7c8ccccc8c8cc9ccccc9cc87)c(-c7ccccc7)cc6c45)n3)cc2)cc1. The maximum absolute atomic E-state index is 6.92. The highest BCUT2D eigenvalue weighted by Gasteiger charge is 2.23. The molecule has 14 rings (SSSR count). The molecule has 0 aliphatic carbocycles. The third-order valence-corrected chi connectivity index (χ3v) is 14.4. The van der Waals surface area contributed by atoms with Crippen molar-refractivity contribution in [1.29, 1.82) is 0 Å². The smallest absolute Gasteiger partial charge is 0.164 e. The summed E-state index contributed by atoms with van der Waals surface area (Å²) in [6.07, 6.45) is 0. The monoisotopic (exact) mass is 872 g/mol. The molecule has 5 nitrogen and oxygen atoms in total. The Balaban J connectivity index is 1.00. The first kappa shape index (κ1) is 37.6. The van der Waals surface area contributed by atoms with Crippen molar-refractivity contribution in [3.63, 3.8) is 0 Å². The number of fused-ring (bicyclic) bond motifs is 10. The summed E-state index contributed by atoms with van der Waals surface area (Å²) in [4.78, 5) is 15.8. The first-order valence-corrected chi connectivity index (χ1v) is 23.3. The van der Waals surface area contributed by atoms with E-state index in [0.29, 0.717) is 17.5 Å². The van der Waals surface area contributed by atoms with E-state index in [1.807, 2.05) is 18.2 Å². The summed E-state index contributed by atoms with van der Waals surface area (Å²) in [5.74, 6) is 1.80. The van der Waals surface area contributed by atoms with Gasteiger partial charge in [-0.2, -0.15) is 0 Å². The Morgan fingerprint density at radius 2 is 0.970 bits per heavy atom. The molecule has 0 atom stereocenters. The third-order valence-electron chi connectivity index (χ3n) is 13.2. The van der Waals surface area contributed by atoms with Gasteiger partial charge in [-0.1, -0.05) is 170 Å². The Morgan fingerprint density at radius 1 is 0.343 bits per heavy atom. The summed E-state index contributed by atoms with van der Waals surface area (Å²) < 4.78 is 11.8. The molecule has 0 N–H and O–H groups in total. The van der Waals surface area contributed by atoms with E-state index in [2.05, 4.69) is 205 Å². The van der Waals surface area contributed by atoms with E-state index in [-0.39, 0.29) is 0 Å². The summed E-state index contributed by atoms with van der Waals surface area (Å²) in [5, 5.41) is 9.26. The van der Waals surface area contributed by atoms with Crippen LogP contribution in [0.4, 0.5) is 0 Å². The molecule has 0 amide bonds. The Kier molecular flexibility index (Phi) is 8.38. The molecule has 0 aliphatic rings. The third kappa shape index (κ3) is 6.11. The van der Waals surface area contributed by atoms with Crippen LogP contribution < -0.4 is 0 Å². The highest BCUT2D eigenvalue weighted by Crippen LogP contribution is 2.44. The van der Waals surface area contributed by atoms with Gasteiger partial charge < -0.3 is 8.98 Å². The molecule has 0 aliphatic heterocycles. The predicted octanol–water partition coefficient (Wildman–Crippen LogP) is 16.7. The van der Waals surface area contributed by atoms with Crippen molar-refractivity contribution in [2.45, 2.75) is 0 Å². The molecule has 14 aromatic rings. The predicted molar refractivity (Wildman–Crippen MR) is 279 cm³/mol. The van der Waals surface area contributed by atoms with Crippen LogP contribution in [-0.4, -0.2) is 19.5 Å². The quantitative estimate of drug-likeness (QED) is 0.167. The molecular weight excluding hydrogens is 837 g/mol. The van der Waals surface area contributed by atoms with Crippen molar-refractivity contribution in [1.82, 2.24) is 19.5 Å². The summed E-state index contributed by atoms with van der Waals surface area (Å²) in [5.41, 5.74) is 12.1. The molecule has 0 radical (unpaired) electrons. The van der Waals surface area contributed by atoms with Gasteiger partial charge in [0, 0.05) is 70.0 Å². The second kappa shape index (κ2) is 14.9. The Hall–Kier alpha value is -8.71. The number of benzene rings is 10. The lowest BCUT2D eigenvalue weighted by molar-refractivity contribution is 0.668. The molecule has 0 spiro atoms. The van der Waals surface area contributed by atoms with Crippen LogP contribution in [-0.2, 0) is 0 Å². The molecule has 4 aromatic heterocycles. The van der Waals surface area contributed by atoms with E-state index in [1.165, 1.54) is 41.7 Å². The van der Waals surface area contributed by atoms with Gasteiger partial charge in [0.1, 0.15) is 11.2 Å². The largest absolute Gasteiger partial charge is 0.456 e. The maximum Gasteiger partial charge on any atom is 0.164 e. The molecule has 10 aromatic carbocycles. The van der Waals surface area contributed by atoms with Crippen LogP contribution in [0.3, 0.4) is 0 Å². The molecule has 0 unspecified atom stereocenters. The number of thiophene rings is 1. The number of hydrogen-bond acceptors (Lipinski definition) is 5. The van der Waals surface area contributed by atoms with Crippen molar-refractivity contribution < 1.29 is 4.42 Å². The molecule has 312 valence electrons. The van der Waals surface area contributed by atoms with Gasteiger partial charge >= 0.3 is 0 Å². The second-order valence-corrected chi connectivity index (χ2v) is 18.2. The van der Waals surface area contributed by atoms with Crippen molar-refractivity contribution in [3.05, 3.63) is 218 Å². The average molecular weight is 873 g/mol. The number of aromatic nitrogens is 4. The lowest BCUT2D eigenvalue weighted by Crippen LogP contribution is -2.00. The summed E-state index contributed by atoms with van der Waals surface area (Å²) in [6.45, 7) is 0. The number of para-hydroxylation sites is 1. The van der Waals surface area contributed by atoms with Crippen molar-refractivity contribution in [2.75, 3.05) is 0 Å².